The minimum Gasteiger partial charge on any atom is -0.475 e. The Labute approximate surface area is 131 Å². The molecule has 0 bridgehead atoms. The molecule has 9 nitrogen and oxygen atoms in total. The molecule has 0 radical (unpaired) electrons. The summed E-state index contributed by atoms with van der Waals surface area (Å²) < 4.78 is 36.8. The number of fused-ring (bicyclic) bond motifs is 1. The molecule has 10 heteroatoms. The van der Waals surface area contributed by atoms with E-state index in [-0.39, 0.29) is 17.9 Å². The number of hydrogen-bond acceptors (Lipinski definition) is 7. The Hall–Kier alpha value is -2.33. The molecule has 0 spiro atoms. The number of carboxylic acid groups (broad SMARTS) is 2. The third-order valence-corrected chi connectivity index (χ3v) is 3.62. The van der Waals surface area contributed by atoms with Gasteiger partial charge in [0, 0.05) is 0 Å². The molecule has 1 atom stereocenters. The zero-order chi connectivity index (χ0) is 17.4. The van der Waals surface area contributed by atoms with Gasteiger partial charge in [-0.05, 0) is 31.0 Å². The van der Waals surface area contributed by atoms with E-state index < -0.39 is 33.9 Å². The average molecular weight is 346 g/mol. The molecular weight excluding hydrogens is 332 g/mol. The van der Waals surface area contributed by atoms with E-state index in [9.17, 15) is 18.0 Å². The lowest BCUT2D eigenvalue weighted by Gasteiger charge is -2.16. The molecule has 2 N–H and O–H groups in total. The van der Waals surface area contributed by atoms with Crippen molar-refractivity contribution in [2.75, 3.05) is 6.26 Å². The second-order valence-electron chi connectivity index (χ2n) is 5.03. The van der Waals surface area contributed by atoms with Crippen LogP contribution in [0.15, 0.2) is 18.2 Å². The van der Waals surface area contributed by atoms with Crippen molar-refractivity contribution < 1.29 is 41.9 Å². The van der Waals surface area contributed by atoms with Crippen molar-refractivity contribution in [3.8, 4) is 11.5 Å². The average Bonchev–Trinajstić information content (AvgIpc) is 2.76. The lowest BCUT2D eigenvalue weighted by molar-refractivity contribution is -0.194. The fourth-order valence-corrected chi connectivity index (χ4v) is 2.77. The third kappa shape index (κ3) is 3.54. The van der Waals surface area contributed by atoms with Crippen molar-refractivity contribution in [2.24, 2.45) is 0 Å². The molecular formula is C13H14O9S. The molecule has 23 heavy (non-hydrogen) atoms. The molecule has 1 aliphatic rings. The highest BCUT2D eigenvalue weighted by Gasteiger charge is 2.57. The molecule has 2 rings (SSSR count). The molecule has 1 aromatic rings. The highest BCUT2D eigenvalue weighted by Crippen LogP contribution is 2.40. The summed E-state index contributed by atoms with van der Waals surface area (Å²) in [5.41, 5.74) is 0.565. The molecule has 0 unspecified atom stereocenters. The first-order valence-corrected chi connectivity index (χ1v) is 8.21. The molecule has 0 saturated heterocycles. The zero-order valence-electron chi connectivity index (χ0n) is 12.2. The summed E-state index contributed by atoms with van der Waals surface area (Å²) in [6.45, 7) is 1.55. The maximum atomic E-state index is 11.1. The van der Waals surface area contributed by atoms with Crippen LogP contribution in [0.3, 0.4) is 0 Å². The van der Waals surface area contributed by atoms with E-state index in [4.69, 9.17) is 23.9 Å². The fourth-order valence-electron chi connectivity index (χ4n) is 2.10. The van der Waals surface area contributed by atoms with Crippen molar-refractivity contribution >= 4 is 22.1 Å². The normalized spacial score (nSPS) is 16.8. The van der Waals surface area contributed by atoms with Crippen LogP contribution in [-0.2, 0) is 30.3 Å². The Morgan fingerprint density at radius 1 is 1.22 bits per heavy atom. The van der Waals surface area contributed by atoms with Crippen molar-refractivity contribution in [3.05, 3.63) is 23.8 Å². The largest absolute Gasteiger partial charge is 0.475 e. The smallest absolute Gasteiger partial charge is 0.453 e. The zero-order valence-corrected chi connectivity index (χ0v) is 13.0. The van der Waals surface area contributed by atoms with Crippen LogP contribution in [0.2, 0.25) is 0 Å². The van der Waals surface area contributed by atoms with Crippen LogP contribution in [0.4, 0.5) is 0 Å². The Morgan fingerprint density at radius 2 is 1.78 bits per heavy atom. The molecule has 126 valence electrons. The van der Waals surface area contributed by atoms with Gasteiger partial charge in [0.15, 0.2) is 11.5 Å². The number of hydrogen-bond donors (Lipinski definition) is 2. The second kappa shape index (κ2) is 5.70. The van der Waals surface area contributed by atoms with Gasteiger partial charge in [0.05, 0.1) is 12.4 Å². The first kappa shape index (κ1) is 17.0. The fraction of sp³-hybridized carbons (Fsp3) is 0.385. The van der Waals surface area contributed by atoms with Gasteiger partial charge in [-0.2, -0.15) is 8.42 Å². The third-order valence-electron chi connectivity index (χ3n) is 2.94. The van der Waals surface area contributed by atoms with Gasteiger partial charge in [-0.15, -0.1) is 0 Å². The Balaban J connectivity index is 2.21. The Morgan fingerprint density at radius 3 is 2.30 bits per heavy atom. The quantitative estimate of drug-likeness (QED) is 0.548. The number of ether oxygens (including phenoxy) is 2. The van der Waals surface area contributed by atoms with Crippen molar-refractivity contribution in [2.45, 2.75) is 25.2 Å². The van der Waals surface area contributed by atoms with Crippen molar-refractivity contribution in [1.82, 2.24) is 0 Å². The van der Waals surface area contributed by atoms with Gasteiger partial charge >= 0.3 is 17.7 Å². The molecule has 0 fully saturated rings. The van der Waals surface area contributed by atoms with Gasteiger partial charge in [0.1, 0.15) is 0 Å². The van der Waals surface area contributed by atoms with Crippen molar-refractivity contribution in [3.63, 3.8) is 0 Å². The summed E-state index contributed by atoms with van der Waals surface area (Å²) in [4.78, 5) is 22.3. The summed E-state index contributed by atoms with van der Waals surface area (Å²) in [6.07, 6.45) is 0.461. The van der Waals surface area contributed by atoms with Crippen LogP contribution >= 0.6 is 0 Å². The number of carbonyl (C=O) groups is 2. The first-order chi connectivity index (χ1) is 10.5. The minimum absolute atomic E-state index is 0.0322. The van der Waals surface area contributed by atoms with E-state index in [1.807, 2.05) is 0 Å². The molecule has 1 aliphatic heterocycles. The highest BCUT2D eigenvalue weighted by molar-refractivity contribution is 7.86. The molecule has 1 heterocycles. The van der Waals surface area contributed by atoms with Crippen LogP contribution in [0.1, 0.15) is 12.5 Å². The summed E-state index contributed by atoms with van der Waals surface area (Å²) in [5.74, 6) is -6.50. The maximum absolute atomic E-state index is 11.1. The lowest BCUT2D eigenvalue weighted by atomic mass is 10.1. The van der Waals surface area contributed by atoms with Gasteiger partial charge < -0.3 is 19.7 Å². The molecule has 1 aromatic carbocycles. The van der Waals surface area contributed by atoms with Crippen LogP contribution in [0, 0.1) is 0 Å². The predicted molar refractivity (Wildman–Crippen MR) is 74.8 cm³/mol. The lowest BCUT2D eigenvalue weighted by Crippen LogP contribution is -2.54. The summed E-state index contributed by atoms with van der Waals surface area (Å²) in [6, 6.07) is 4.26. The van der Waals surface area contributed by atoms with Gasteiger partial charge in [0.25, 0.3) is 10.1 Å². The minimum atomic E-state index is -3.61. The van der Waals surface area contributed by atoms with Crippen LogP contribution < -0.4 is 9.47 Å². The molecule has 0 amide bonds. The van der Waals surface area contributed by atoms with Crippen molar-refractivity contribution in [1.29, 1.82) is 0 Å². The molecule has 0 aliphatic carbocycles. The Kier molecular flexibility index (Phi) is 4.22. The van der Waals surface area contributed by atoms with Crippen LogP contribution in [0.5, 0.6) is 11.5 Å². The standard InChI is InChI=1S/C13H14O9S/c1-7(22-23(2,18)19)5-8-3-4-9-10(6-8)21-13(20-9,11(14)15)12(16)17/h3-4,6-7H,5H2,1-2H3,(H,14,15)(H,16,17)/t7-/m0/s1. The van der Waals surface area contributed by atoms with Gasteiger partial charge in [-0.25, -0.2) is 9.59 Å². The number of aliphatic carboxylic acids is 2. The first-order valence-electron chi connectivity index (χ1n) is 6.39. The molecule has 0 saturated carbocycles. The van der Waals surface area contributed by atoms with Crippen LogP contribution in [0.25, 0.3) is 0 Å². The molecule has 0 aromatic heterocycles. The number of benzene rings is 1. The van der Waals surface area contributed by atoms with E-state index >= 15 is 0 Å². The Bertz CT molecular complexity index is 739. The SMILES string of the molecule is C[C@@H](Cc1ccc2c(c1)OC(C(=O)O)(C(=O)O)O2)OS(C)(=O)=O. The van der Waals surface area contributed by atoms with E-state index in [0.29, 0.717) is 5.56 Å². The maximum Gasteiger partial charge on any atom is 0.453 e. The van der Waals surface area contributed by atoms with Gasteiger partial charge in [-0.1, -0.05) is 6.07 Å². The van der Waals surface area contributed by atoms with E-state index in [2.05, 4.69) is 0 Å². The van der Waals surface area contributed by atoms with E-state index in [0.717, 1.165) is 6.26 Å². The summed E-state index contributed by atoms with van der Waals surface area (Å²) in [5, 5.41) is 18.1. The predicted octanol–water partition coefficient (Wildman–Crippen LogP) is 0.231. The summed E-state index contributed by atoms with van der Waals surface area (Å²) in [7, 11) is -3.61. The highest BCUT2D eigenvalue weighted by atomic mass is 32.2. The van der Waals surface area contributed by atoms with E-state index in [1.165, 1.54) is 18.2 Å². The number of rotatable bonds is 6. The van der Waals surface area contributed by atoms with Crippen LogP contribution in [-0.4, -0.2) is 48.7 Å². The second-order valence-corrected chi connectivity index (χ2v) is 6.63. The van der Waals surface area contributed by atoms with E-state index in [1.54, 1.807) is 6.92 Å². The van der Waals surface area contributed by atoms with Gasteiger partial charge in [0.2, 0.25) is 0 Å². The van der Waals surface area contributed by atoms with Gasteiger partial charge in [-0.3, -0.25) is 4.18 Å². The topological polar surface area (TPSA) is 136 Å². The summed E-state index contributed by atoms with van der Waals surface area (Å²) >= 11 is 0. The monoisotopic (exact) mass is 346 g/mol. The number of carboxylic acids is 2.